The lowest BCUT2D eigenvalue weighted by molar-refractivity contribution is 0.157. The lowest BCUT2D eigenvalue weighted by atomic mass is 10.1. The molecule has 0 saturated carbocycles. The summed E-state index contributed by atoms with van der Waals surface area (Å²) in [5, 5.41) is 0. The van der Waals surface area contributed by atoms with Crippen LogP contribution in [0.4, 0.5) is 0 Å². The largest absolute Gasteiger partial charge is 0.384 e. The Morgan fingerprint density at radius 2 is 2.33 bits per heavy atom. The number of pyridine rings is 1. The summed E-state index contributed by atoms with van der Waals surface area (Å²) in [7, 11) is -1.90. The molecule has 0 bridgehead atoms. The van der Waals surface area contributed by atoms with Gasteiger partial charge in [0.15, 0.2) is 0 Å². The Bertz CT molecular complexity index is 649. The maximum absolute atomic E-state index is 12.6. The van der Waals surface area contributed by atoms with E-state index in [1.165, 1.54) is 22.8 Å². The van der Waals surface area contributed by atoms with E-state index in [4.69, 9.17) is 10.5 Å². The molecule has 2 N–H and O–H groups in total. The van der Waals surface area contributed by atoms with Gasteiger partial charge in [-0.2, -0.15) is 4.31 Å². The second-order valence-corrected chi connectivity index (χ2v) is 6.83. The van der Waals surface area contributed by atoms with Crippen LogP contribution in [0.2, 0.25) is 0 Å². The predicted octanol–water partition coefficient (Wildman–Crippen LogP) is 0.0488. The normalized spacial score (nSPS) is 19.2. The summed E-state index contributed by atoms with van der Waals surface area (Å²) >= 11 is 0. The van der Waals surface area contributed by atoms with E-state index in [1.807, 2.05) is 0 Å². The van der Waals surface area contributed by atoms with Crippen LogP contribution in [0, 0.1) is 17.8 Å². The molecule has 2 heterocycles. The van der Waals surface area contributed by atoms with Crippen LogP contribution in [-0.4, -0.2) is 51.1 Å². The summed E-state index contributed by atoms with van der Waals surface area (Å²) in [6.45, 7) is 1.79. The average molecular weight is 309 g/mol. The Balaban J connectivity index is 2.20. The molecule has 1 saturated heterocycles. The van der Waals surface area contributed by atoms with Crippen molar-refractivity contribution in [2.75, 3.05) is 33.4 Å². The van der Waals surface area contributed by atoms with Gasteiger partial charge in [-0.1, -0.05) is 11.8 Å². The van der Waals surface area contributed by atoms with Crippen molar-refractivity contribution >= 4 is 10.0 Å². The third-order valence-corrected chi connectivity index (χ3v) is 5.17. The number of hydrogen-bond donors (Lipinski definition) is 1. The molecule has 1 aliphatic rings. The number of ether oxygens (including phenoxy) is 1. The molecular weight excluding hydrogens is 290 g/mol. The second-order valence-electron chi connectivity index (χ2n) is 4.89. The maximum Gasteiger partial charge on any atom is 0.244 e. The molecule has 0 radical (unpaired) electrons. The van der Waals surface area contributed by atoms with Crippen molar-refractivity contribution in [1.82, 2.24) is 9.29 Å². The molecule has 0 spiro atoms. The van der Waals surface area contributed by atoms with E-state index in [1.54, 1.807) is 7.11 Å². The Morgan fingerprint density at radius 3 is 3.05 bits per heavy atom. The average Bonchev–Trinajstić information content (AvgIpc) is 2.95. The van der Waals surface area contributed by atoms with E-state index in [2.05, 4.69) is 16.8 Å². The highest BCUT2D eigenvalue weighted by Crippen LogP contribution is 2.24. The van der Waals surface area contributed by atoms with E-state index < -0.39 is 10.0 Å². The van der Waals surface area contributed by atoms with Gasteiger partial charge in [-0.3, -0.25) is 4.98 Å². The fraction of sp³-hybridized carbons (Fsp3) is 0.500. The van der Waals surface area contributed by atoms with Crippen molar-refractivity contribution < 1.29 is 13.2 Å². The molecule has 1 aromatic heterocycles. The quantitative estimate of drug-likeness (QED) is 0.794. The highest BCUT2D eigenvalue weighted by atomic mass is 32.2. The Morgan fingerprint density at radius 1 is 1.52 bits per heavy atom. The third-order valence-electron chi connectivity index (χ3n) is 3.34. The van der Waals surface area contributed by atoms with Gasteiger partial charge in [0.05, 0.1) is 13.2 Å². The lowest BCUT2D eigenvalue weighted by Crippen LogP contribution is -2.29. The lowest BCUT2D eigenvalue weighted by Gasteiger charge is -2.16. The fourth-order valence-corrected chi connectivity index (χ4v) is 3.84. The van der Waals surface area contributed by atoms with Crippen LogP contribution in [0.15, 0.2) is 23.4 Å². The van der Waals surface area contributed by atoms with Crippen molar-refractivity contribution in [3.8, 4) is 11.8 Å². The minimum absolute atomic E-state index is 0.171. The van der Waals surface area contributed by atoms with Crippen molar-refractivity contribution in [3.05, 3.63) is 24.0 Å². The molecular formula is C14H19N3O3S. The SMILES string of the molecule is COCC1CCN(S(=O)(=O)c2cncc(C#CCN)c2)C1. The highest BCUT2D eigenvalue weighted by molar-refractivity contribution is 7.89. The number of hydrogen-bond acceptors (Lipinski definition) is 5. The molecule has 1 aliphatic heterocycles. The van der Waals surface area contributed by atoms with Gasteiger partial charge in [0.2, 0.25) is 10.0 Å². The summed E-state index contributed by atoms with van der Waals surface area (Å²) in [5.41, 5.74) is 5.86. The topological polar surface area (TPSA) is 85.5 Å². The number of sulfonamides is 1. The summed E-state index contributed by atoms with van der Waals surface area (Å²) < 4.78 is 31.7. The van der Waals surface area contributed by atoms with Crippen molar-refractivity contribution in [1.29, 1.82) is 0 Å². The minimum Gasteiger partial charge on any atom is -0.384 e. The first-order chi connectivity index (χ1) is 10.1. The van der Waals surface area contributed by atoms with Crippen LogP contribution in [0.5, 0.6) is 0 Å². The minimum atomic E-state index is -3.52. The monoisotopic (exact) mass is 309 g/mol. The van der Waals surface area contributed by atoms with Gasteiger partial charge in [0.25, 0.3) is 0 Å². The number of methoxy groups -OCH3 is 1. The van der Waals surface area contributed by atoms with Crippen molar-refractivity contribution in [2.24, 2.45) is 11.7 Å². The first-order valence-electron chi connectivity index (χ1n) is 6.71. The van der Waals surface area contributed by atoms with Gasteiger partial charge < -0.3 is 10.5 Å². The number of nitrogens with two attached hydrogens (primary N) is 1. The zero-order valence-electron chi connectivity index (χ0n) is 11.9. The van der Waals surface area contributed by atoms with Gasteiger partial charge >= 0.3 is 0 Å². The van der Waals surface area contributed by atoms with Crippen molar-refractivity contribution in [2.45, 2.75) is 11.3 Å². The van der Waals surface area contributed by atoms with Crippen LogP contribution in [0.25, 0.3) is 0 Å². The van der Waals surface area contributed by atoms with Gasteiger partial charge in [0, 0.05) is 38.2 Å². The number of aromatic nitrogens is 1. The first-order valence-corrected chi connectivity index (χ1v) is 8.15. The van der Waals surface area contributed by atoms with Crippen LogP contribution in [0.3, 0.4) is 0 Å². The van der Waals surface area contributed by atoms with Crippen LogP contribution in [0.1, 0.15) is 12.0 Å². The zero-order valence-corrected chi connectivity index (χ0v) is 12.8. The molecule has 1 fully saturated rings. The number of nitrogens with zero attached hydrogens (tertiary/aromatic N) is 2. The molecule has 1 unspecified atom stereocenters. The third kappa shape index (κ3) is 3.80. The molecule has 0 aromatic carbocycles. The summed E-state index contributed by atoms with van der Waals surface area (Å²) in [6, 6.07) is 1.54. The predicted molar refractivity (Wildman–Crippen MR) is 78.9 cm³/mol. The Labute approximate surface area is 125 Å². The molecule has 21 heavy (non-hydrogen) atoms. The molecule has 114 valence electrons. The van der Waals surface area contributed by atoms with Gasteiger partial charge in [-0.15, -0.1) is 0 Å². The fourth-order valence-electron chi connectivity index (χ4n) is 2.32. The Kier molecular flexibility index (Phi) is 5.31. The van der Waals surface area contributed by atoms with E-state index in [-0.39, 0.29) is 17.4 Å². The molecule has 1 aromatic rings. The summed E-state index contributed by atoms with van der Waals surface area (Å²) in [5.74, 6) is 5.73. The van der Waals surface area contributed by atoms with Gasteiger partial charge in [0.1, 0.15) is 4.90 Å². The summed E-state index contributed by atoms with van der Waals surface area (Å²) in [4.78, 5) is 4.13. The number of rotatable bonds is 4. The van der Waals surface area contributed by atoms with E-state index in [0.29, 0.717) is 25.3 Å². The molecule has 0 aliphatic carbocycles. The smallest absolute Gasteiger partial charge is 0.244 e. The van der Waals surface area contributed by atoms with E-state index in [0.717, 1.165) is 6.42 Å². The molecule has 2 rings (SSSR count). The van der Waals surface area contributed by atoms with Gasteiger partial charge in [-0.05, 0) is 18.4 Å². The molecule has 6 nitrogen and oxygen atoms in total. The van der Waals surface area contributed by atoms with Crippen molar-refractivity contribution in [3.63, 3.8) is 0 Å². The van der Waals surface area contributed by atoms with Gasteiger partial charge in [-0.25, -0.2) is 8.42 Å². The summed E-state index contributed by atoms with van der Waals surface area (Å²) in [6.07, 6.45) is 3.69. The molecule has 1 atom stereocenters. The maximum atomic E-state index is 12.6. The van der Waals surface area contributed by atoms with Crippen LogP contribution in [-0.2, 0) is 14.8 Å². The van der Waals surface area contributed by atoms with Crippen LogP contribution >= 0.6 is 0 Å². The van der Waals surface area contributed by atoms with E-state index >= 15 is 0 Å². The standard InChI is InChI=1S/C14H19N3O3S/c1-20-11-13-4-6-17(10-13)21(18,19)14-7-12(3-2-5-15)8-16-9-14/h7-9,13H,4-6,10-11,15H2,1H3. The first kappa shape index (κ1) is 15.9. The molecule has 7 heteroatoms. The van der Waals surface area contributed by atoms with E-state index in [9.17, 15) is 8.42 Å². The van der Waals surface area contributed by atoms with Crippen LogP contribution < -0.4 is 5.73 Å². The second kappa shape index (κ2) is 7.00. The Hall–Kier alpha value is -1.46. The highest BCUT2D eigenvalue weighted by Gasteiger charge is 2.32. The molecule has 0 amide bonds. The zero-order chi connectivity index (χ0) is 15.3.